The Bertz CT molecular complexity index is 370. The normalized spacial score (nSPS) is 35.1. The van der Waals surface area contributed by atoms with Crippen molar-refractivity contribution in [3.63, 3.8) is 0 Å². The zero-order valence-corrected chi connectivity index (χ0v) is 8.14. The highest BCUT2D eigenvalue weighted by molar-refractivity contribution is 6.04. The fraction of sp³-hybridized carbons (Fsp3) is 0.571. The van der Waals surface area contributed by atoms with E-state index in [1.807, 2.05) is 5.32 Å². The molecule has 8 nitrogen and oxygen atoms in total. The summed E-state index contributed by atoms with van der Waals surface area (Å²) in [6, 6.07) is -2.50. The van der Waals surface area contributed by atoms with Gasteiger partial charge in [-0.05, 0) is 0 Å². The quantitative estimate of drug-likeness (QED) is 0.427. The van der Waals surface area contributed by atoms with Gasteiger partial charge in [-0.3, -0.25) is 20.3 Å². The van der Waals surface area contributed by atoms with Gasteiger partial charge in [0.1, 0.15) is 0 Å². The fourth-order valence-electron chi connectivity index (χ4n) is 1.84. The van der Waals surface area contributed by atoms with E-state index in [1.54, 1.807) is 0 Å². The van der Waals surface area contributed by atoms with E-state index in [2.05, 4.69) is 5.32 Å². The number of likely N-dealkylation sites (N-methyl/N-ethyl adjacent to an activating group) is 2. The van der Waals surface area contributed by atoms with E-state index in [1.165, 1.54) is 14.1 Å². The van der Waals surface area contributed by atoms with E-state index in [-0.39, 0.29) is 0 Å². The molecule has 0 aromatic heterocycles. The van der Waals surface area contributed by atoms with Crippen LogP contribution in [0.15, 0.2) is 0 Å². The van der Waals surface area contributed by atoms with Crippen molar-refractivity contribution in [2.45, 2.75) is 11.9 Å². The number of rotatable bonds is 0. The summed E-state index contributed by atoms with van der Waals surface area (Å²) in [5.74, 6) is -2.67. The first-order valence-electron chi connectivity index (χ1n) is 4.24. The second-order valence-electron chi connectivity index (χ2n) is 3.52. The first kappa shape index (κ1) is 9.71. The maximum absolute atomic E-state index is 11.5. The number of hydrogen-bond acceptors (Lipinski definition) is 4. The van der Waals surface area contributed by atoms with Crippen LogP contribution in [0.3, 0.4) is 0 Å². The molecule has 0 aromatic carbocycles. The average molecular weight is 214 g/mol. The third-order valence-corrected chi connectivity index (χ3v) is 2.65. The number of fused-ring (bicyclic) bond motifs is 1. The van der Waals surface area contributed by atoms with Crippen LogP contribution in [0.25, 0.3) is 0 Å². The molecule has 15 heavy (non-hydrogen) atoms. The molecule has 2 atom stereocenters. The number of amides is 5. The van der Waals surface area contributed by atoms with Crippen LogP contribution in [0.4, 0.5) is 9.59 Å². The molecule has 0 saturated carbocycles. The fourth-order valence-corrected chi connectivity index (χ4v) is 1.84. The Kier molecular flexibility index (Phi) is 1.68. The zero-order valence-electron chi connectivity index (χ0n) is 8.14. The van der Waals surface area contributed by atoms with E-state index in [0.29, 0.717) is 0 Å². The van der Waals surface area contributed by atoms with Crippen molar-refractivity contribution in [3.8, 4) is 0 Å². The van der Waals surface area contributed by atoms with E-state index in [9.17, 15) is 19.5 Å². The molecule has 2 heterocycles. The molecule has 2 fully saturated rings. The van der Waals surface area contributed by atoms with Gasteiger partial charge >= 0.3 is 12.1 Å². The van der Waals surface area contributed by atoms with Crippen molar-refractivity contribution in [1.29, 1.82) is 0 Å². The van der Waals surface area contributed by atoms with Crippen molar-refractivity contribution in [1.82, 2.24) is 20.4 Å². The molecule has 2 rings (SSSR count). The molecule has 0 bridgehead atoms. The summed E-state index contributed by atoms with van der Waals surface area (Å²) in [5, 5.41) is 14.2. The summed E-state index contributed by atoms with van der Waals surface area (Å²) in [4.78, 5) is 35.9. The minimum atomic E-state index is -1.97. The number of carbonyl (C=O) groups is 3. The number of aliphatic hydroxyl groups is 1. The molecule has 82 valence electrons. The second-order valence-corrected chi connectivity index (χ2v) is 3.52. The van der Waals surface area contributed by atoms with Crippen LogP contribution in [-0.2, 0) is 4.79 Å². The SMILES string of the molecule is CN1C(=O)N(C)C2(O)NC(=O)NC(=O)C12. The van der Waals surface area contributed by atoms with Crippen molar-refractivity contribution in [2.75, 3.05) is 14.1 Å². The maximum Gasteiger partial charge on any atom is 0.325 e. The van der Waals surface area contributed by atoms with Crippen LogP contribution >= 0.6 is 0 Å². The number of imide groups is 1. The Labute approximate surface area is 84.8 Å². The molecule has 0 spiro atoms. The molecule has 0 aromatic rings. The predicted molar refractivity (Wildman–Crippen MR) is 46.3 cm³/mol. The standard InChI is InChI=1S/C7H10N4O4/c1-10-3-4(12)8-5(13)9-7(3,15)11(2)6(10)14/h3,15H,1-2H3,(H2,8,9,12,13). The highest BCUT2D eigenvalue weighted by Gasteiger charge is 2.60. The highest BCUT2D eigenvalue weighted by atomic mass is 16.4. The molecule has 0 radical (unpaired) electrons. The topological polar surface area (TPSA) is 102 Å². The molecule has 3 N–H and O–H groups in total. The Morgan fingerprint density at radius 3 is 2.53 bits per heavy atom. The summed E-state index contributed by atoms with van der Waals surface area (Å²) in [5.41, 5.74) is 0. The van der Waals surface area contributed by atoms with Gasteiger partial charge in [0.15, 0.2) is 6.04 Å². The van der Waals surface area contributed by atoms with Crippen LogP contribution in [-0.4, -0.2) is 58.9 Å². The first-order valence-corrected chi connectivity index (χ1v) is 4.24. The van der Waals surface area contributed by atoms with Gasteiger partial charge in [-0.15, -0.1) is 0 Å². The Morgan fingerprint density at radius 1 is 1.33 bits per heavy atom. The van der Waals surface area contributed by atoms with E-state index in [0.717, 1.165) is 9.80 Å². The summed E-state index contributed by atoms with van der Waals surface area (Å²) in [6.45, 7) is 0. The second kappa shape index (κ2) is 2.60. The monoisotopic (exact) mass is 214 g/mol. The van der Waals surface area contributed by atoms with Gasteiger partial charge in [0.05, 0.1) is 0 Å². The van der Waals surface area contributed by atoms with E-state index in [4.69, 9.17) is 0 Å². The van der Waals surface area contributed by atoms with Gasteiger partial charge in [0, 0.05) is 14.1 Å². The van der Waals surface area contributed by atoms with Crippen LogP contribution in [0.5, 0.6) is 0 Å². The lowest BCUT2D eigenvalue weighted by Gasteiger charge is -2.37. The molecule has 2 saturated heterocycles. The molecular weight excluding hydrogens is 204 g/mol. The van der Waals surface area contributed by atoms with Crippen LogP contribution in [0, 0.1) is 0 Å². The van der Waals surface area contributed by atoms with Crippen molar-refractivity contribution in [3.05, 3.63) is 0 Å². The number of nitrogens with one attached hydrogen (secondary N) is 2. The Morgan fingerprint density at radius 2 is 1.93 bits per heavy atom. The lowest BCUT2D eigenvalue weighted by atomic mass is 10.1. The Balaban J connectivity index is 2.46. The third-order valence-electron chi connectivity index (χ3n) is 2.65. The average Bonchev–Trinajstić information content (AvgIpc) is 2.27. The smallest absolute Gasteiger partial charge is 0.325 e. The predicted octanol–water partition coefficient (Wildman–Crippen LogP) is -2.16. The number of nitrogens with zero attached hydrogens (tertiary/aromatic N) is 2. The van der Waals surface area contributed by atoms with Crippen LogP contribution in [0.1, 0.15) is 0 Å². The summed E-state index contributed by atoms with van der Waals surface area (Å²) >= 11 is 0. The van der Waals surface area contributed by atoms with Gasteiger partial charge in [0.2, 0.25) is 0 Å². The molecular formula is C7H10N4O4. The van der Waals surface area contributed by atoms with Crippen LogP contribution < -0.4 is 10.6 Å². The van der Waals surface area contributed by atoms with Gasteiger partial charge < -0.3 is 10.0 Å². The molecule has 2 aliphatic rings. The minimum Gasteiger partial charge on any atom is -0.352 e. The molecule has 2 aliphatic heterocycles. The Hall–Kier alpha value is -1.83. The molecule has 5 amide bonds. The minimum absolute atomic E-state index is 0.542. The number of carbonyl (C=O) groups excluding carboxylic acids is 3. The van der Waals surface area contributed by atoms with Crippen LogP contribution in [0.2, 0.25) is 0 Å². The molecule has 8 heteroatoms. The highest BCUT2D eigenvalue weighted by Crippen LogP contribution is 2.28. The summed E-state index contributed by atoms with van der Waals surface area (Å²) < 4.78 is 0. The molecule has 2 unspecified atom stereocenters. The van der Waals surface area contributed by atoms with Crippen molar-refractivity contribution >= 4 is 18.0 Å². The maximum atomic E-state index is 11.5. The van der Waals surface area contributed by atoms with Gasteiger partial charge in [0.25, 0.3) is 11.8 Å². The lowest BCUT2D eigenvalue weighted by Crippen LogP contribution is -2.73. The first-order chi connectivity index (χ1) is 6.88. The van der Waals surface area contributed by atoms with E-state index < -0.39 is 29.9 Å². The largest absolute Gasteiger partial charge is 0.352 e. The zero-order chi connectivity index (χ0) is 11.4. The summed E-state index contributed by atoms with van der Waals surface area (Å²) in [6.07, 6.45) is 0. The van der Waals surface area contributed by atoms with Gasteiger partial charge in [-0.2, -0.15) is 0 Å². The van der Waals surface area contributed by atoms with Crippen molar-refractivity contribution in [2.24, 2.45) is 0 Å². The molecule has 0 aliphatic carbocycles. The third kappa shape index (κ3) is 1.02. The number of hydrogen-bond donors (Lipinski definition) is 3. The lowest BCUT2D eigenvalue weighted by molar-refractivity contribution is -0.146. The van der Waals surface area contributed by atoms with Crippen molar-refractivity contribution < 1.29 is 19.5 Å². The van der Waals surface area contributed by atoms with E-state index >= 15 is 0 Å². The van der Waals surface area contributed by atoms with Gasteiger partial charge in [-0.1, -0.05) is 0 Å². The summed E-state index contributed by atoms with van der Waals surface area (Å²) in [7, 11) is 2.68. The number of urea groups is 2. The van der Waals surface area contributed by atoms with Gasteiger partial charge in [-0.25, -0.2) is 9.59 Å².